The van der Waals surface area contributed by atoms with Crippen LogP contribution in [0, 0.1) is 11.3 Å². The van der Waals surface area contributed by atoms with Gasteiger partial charge >= 0.3 is 0 Å². The third-order valence-corrected chi connectivity index (χ3v) is 3.88. The number of carbonyl (C=O) groups is 1. The van der Waals surface area contributed by atoms with Gasteiger partial charge in [-0.1, -0.05) is 41.4 Å². The molecule has 2 rings (SSSR count). The van der Waals surface area contributed by atoms with E-state index in [0.29, 0.717) is 27.8 Å². The van der Waals surface area contributed by atoms with Crippen molar-refractivity contribution in [3.05, 3.63) is 63.6 Å². The van der Waals surface area contributed by atoms with Crippen molar-refractivity contribution < 1.29 is 9.69 Å². The molecule has 0 aromatic heterocycles. The van der Waals surface area contributed by atoms with Gasteiger partial charge in [-0.3, -0.25) is 4.79 Å². The van der Waals surface area contributed by atoms with Crippen LogP contribution in [0.15, 0.2) is 42.5 Å². The number of rotatable bonds is 5. The van der Waals surface area contributed by atoms with Crippen molar-refractivity contribution in [1.29, 1.82) is 5.26 Å². The predicted octanol–water partition coefficient (Wildman–Crippen LogP) is 2.52. The van der Waals surface area contributed by atoms with Gasteiger partial charge in [0.2, 0.25) is 0 Å². The molecule has 0 aliphatic rings. The number of nitriles is 1. The Kier molecular flexibility index (Phi) is 6.00. The lowest BCUT2D eigenvalue weighted by Crippen LogP contribution is -3.08. The van der Waals surface area contributed by atoms with Crippen LogP contribution in [-0.4, -0.2) is 19.5 Å². The van der Waals surface area contributed by atoms with Crippen LogP contribution < -0.4 is 10.2 Å². The Hall–Kier alpha value is -2.06. The molecular formula is C17H16Cl2N3O+. The molecule has 6 heteroatoms. The summed E-state index contributed by atoms with van der Waals surface area (Å²) in [5, 5.41) is 12.5. The van der Waals surface area contributed by atoms with Crippen LogP contribution in [0.2, 0.25) is 10.0 Å². The maximum Gasteiger partial charge on any atom is 0.279 e. The first-order chi connectivity index (χ1) is 11.0. The van der Waals surface area contributed by atoms with Gasteiger partial charge in [-0.2, -0.15) is 5.26 Å². The average molecular weight is 349 g/mol. The second-order valence-corrected chi connectivity index (χ2v) is 6.08. The summed E-state index contributed by atoms with van der Waals surface area (Å²) in [4.78, 5) is 13.1. The molecule has 0 bridgehead atoms. The maximum absolute atomic E-state index is 12.1. The summed E-state index contributed by atoms with van der Waals surface area (Å²) in [6, 6.07) is 14.5. The number of para-hydroxylation sites is 1. The molecule has 2 N–H and O–H groups in total. The first-order valence-corrected chi connectivity index (χ1v) is 7.79. The summed E-state index contributed by atoms with van der Waals surface area (Å²) in [6.45, 7) is 0.900. The molecule has 0 saturated carbocycles. The Morgan fingerprint density at radius 1 is 1.22 bits per heavy atom. The van der Waals surface area contributed by atoms with Crippen molar-refractivity contribution in [2.24, 2.45) is 0 Å². The molecule has 0 saturated heterocycles. The zero-order valence-corrected chi connectivity index (χ0v) is 14.1. The van der Waals surface area contributed by atoms with Crippen LogP contribution in [0.4, 0.5) is 5.69 Å². The Balaban J connectivity index is 1.96. The molecule has 1 atom stereocenters. The number of amides is 1. The third-order valence-electron chi connectivity index (χ3n) is 3.25. The fourth-order valence-corrected chi connectivity index (χ4v) is 2.73. The number of benzene rings is 2. The molecule has 0 spiro atoms. The second-order valence-electron chi connectivity index (χ2n) is 5.27. The zero-order valence-electron chi connectivity index (χ0n) is 12.6. The van der Waals surface area contributed by atoms with E-state index in [1.54, 1.807) is 24.3 Å². The van der Waals surface area contributed by atoms with Crippen LogP contribution in [0.3, 0.4) is 0 Å². The number of nitrogens with one attached hydrogen (secondary N) is 2. The lowest BCUT2D eigenvalue weighted by Gasteiger charge is -2.15. The van der Waals surface area contributed by atoms with Crippen LogP contribution in [0.5, 0.6) is 0 Å². The second kappa shape index (κ2) is 7.98. The topological polar surface area (TPSA) is 57.3 Å². The lowest BCUT2D eigenvalue weighted by molar-refractivity contribution is -0.885. The lowest BCUT2D eigenvalue weighted by atomic mass is 10.1. The van der Waals surface area contributed by atoms with E-state index < -0.39 is 0 Å². The van der Waals surface area contributed by atoms with Gasteiger partial charge in [-0.05, 0) is 24.3 Å². The fraction of sp³-hybridized carbons (Fsp3) is 0.176. The van der Waals surface area contributed by atoms with Crippen molar-refractivity contribution in [2.75, 3.05) is 18.9 Å². The van der Waals surface area contributed by atoms with E-state index in [1.807, 2.05) is 25.2 Å². The third kappa shape index (κ3) is 4.97. The van der Waals surface area contributed by atoms with Gasteiger partial charge in [0.1, 0.15) is 6.54 Å². The molecular weight excluding hydrogens is 333 g/mol. The van der Waals surface area contributed by atoms with E-state index in [-0.39, 0.29) is 12.5 Å². The van der Waals surface area contributed by atoms with E-state index in [2.05, 4.69) is 11.4 Å². The Morgan fingerprint density at radius 2 is 1.87 bits per heavy atom. The Bertz CT molecular complexity index is 735. The van der Waals surface area contributed by atoms with Crippen molar-refractivity contribution in [3.8, 4) is 6.07 Å². The summed E-state index contributed by atoms with van der Waals surface area (Å²) < 4.78 is 0. The molecule has 1 amide bonds. The van der Waals surface area contributed by atoms with Crippen molar-refractivity contribution >= 4 is 34.8 Å². The molecule has 118 valence electrons. The normalized spacial score (nSPS) is 11.6. The number of carbonyl (C=O) groups excluding carboxylic acids is 1. The van der Waals surface area contributed by atoms with Crippen LogP contribution in [-0.2, 0) is 11.3 Å². The van der Waals surface area contributed by atoms with Gasteiger partial charge in [0, 0.05) is 5.56 Å². The zero-order chi connectivity index (χ0) is 16.8. The molecule has 4 nitrogen and oxygen atoms in total. The summed E-state index contributed by atoms with van der Waals surface area (Å²) in [6.07, 6.45) is 0. The minimum absolute atomic E-state index is 0.172. The Morgan fingerprint density at radius 3 is 2.52 bits per heavy atom. The summed E-state index contributed by atoms with van der Waals surface area (Å²) in [5.74, 6) is -0.172. The van der Waals surface area contributed by atoms with E-state index in [1.165, 1.54) is 0 Å². The van der Waals surface area contributed by atoms with E-state index in [4.69, 9.17) is 28.5 Å². The van der Waals surface area contributed by atoms with Crippen LogP contribution in [0.1, 0.15) is 11.1 Å². The number of likely N-dealkylation sites (N-methyl/N-ethyl adjacent to an activating group) is 1. The summed E-state index contributed by atoms with van der Waals surface area (Å²) in [7, 11) is 1.91. The highest BCUT2D eigenvalue weighted by atomic mass is 35.5. The minimum atomic E-state index is -0.172. The number of nitrogens with zero attached hydrogens (tertiary/aromatic N) is 1. The molecule has 0 fully saturated rings. The number of halogens is 2. The van der Waals surface area contributed by atoms with E-state index in [9.17, 15) is 4.79 Å². The van der Waals surface area contributed by atoms with Gasteiger partial charge in [0.25, 0.3) is 5.91 Å². The van der Waals surface area contributed by atoms with Crippen molar-refractivity contribution in [1.82, 2.24) is 0 Å². The first kappa shape index (κ1) is 17.3. The standard InChI is InChI=1S/C17H15Cl2N3O/c1-22(10-13-5-2-4-12(8-13)9-20)11-16(23)21-17-14(18)6-3-7-15(17)19/h2-8H,10-11H2,1H3,(H,21,23)/p+1. The van der Waals surface area contributed by atoms with Crippen LogP contribution >= 0.6 is 23.2 Å². The van der Waals surface area contributed by atoms with Gasteiger partial charge in [0.05, 0.1) is 34.4 Å². The molecule has 0 radical (unpaired) electrons. The Labute approximate surface area is 145 Å². The summed E-state index contributed by atoms with van der Waals surface area (Å²) in [5.41, 5.74) is 2.05. The molecule has 2 aromatic carbocycles. The number of anilines is 1. The number of hydrogen-bond acceptors (Lipinski definition) is 2. The van der Waals surface area contributed by atoms with Gasteiger partial charge in [-0.15, -0.1) is 0 Å². The molecule has 23 heavy (non-hydrogen) atoms. The molecule has 2 aromatic rings. The van der Waals surface area contributed by atoms with Crippen molar-refractivity contribution in [2.45, 2.75) is 6.54 Å². The highest BCUT2D eigenvalue weighted by Crippen LogP contribution is 2.29. The highest BCUT2D eigenvalue weighted by molar-refractivity contribution is 6.39. The van der Waals surface area contributed by atoms with Gasteiger partial charge in [-0.25, -0.2) is 0 Å². The first-order valence-electron chi connectivity index (χ1n) is 7.04. The van der Waals surface area contributed by atoms with Crippen molar-refractivity contribution in [3.63, 3.8) is 0 Å². The number of quaternary nitrogens is 1. The van der Waals surface area contributed by atoms with Gasteiger partial charge < -0.3 is 10.2 Å². The summed E-state index contributed by atoms with van der Waals surface area (Å²) >= 11 is 12.1. The van der Waals surface area contributed by atoms with E-state index >= 15 is 0 Å². The largest absolute Gasteiger partial charge is 0.326 e. The highest BCUT2D eigenvalue weighted by Gasteiger charge is 2.14. The molecule has 1 unspecified atom stereocenters. The minimum Gasteiger partial charge on any atom is -0.326 e. The van der Waals surface area contributed by atoms with Crippen LogP contribution in [0.25, 0.3) is 0 Å². The smallest absolute Gasteiger partial charge is 0.279 e. The molecule has 0 aliphatic carbocycles. The average Bonchev–Trinajstić information content (AvgIpc) is 2.51. The maximum atomic E-state index is 12.1. The quantitative estimate of drug-likeness (QED) is 0.872. The fourth-order valence-electron chi connectivity index (χ4n) is 2.24. The predicted molar refractivity (Wildman–Crippen MR) is 91.7 cm³/mol. The molecule has 0 aliphatic heterocycles. The molecule has 0 heterocycles. The van der Waals surface area contributed by atoms with Gasteiger partial charge in [0.15, 0.2) is 6.54 Å². The SMILES string of the molecule is C[NH+](CC(=O)Nc1c(Cl)cccc1Cl)Cc1cccc(C#N)c1. The number of hydrogen-bond donors (Lipinski definition) is 2. The monoisotopic (exact) mass is 348 g/mol. The van der Waals surface area contributed by atoms with E-state index in [0.717, 1.165) is 10.5 Å².